The summed E-state index contributed by atoms with van der Waals surface area (Å²) in [5.74, 6) is 0.00173. The highest BCUT2D eigenvalue weighted by molar-refractivity contribution is 7.13. The van der Waals surface area contributed by atoms with Crippen molar-refractivity contribution in [2.24, 2.45) is 0 Å². The second-order valence-corrected chi connectivity index (χ2v) is 7.06. The van der Waals surface area contributed by atoms with E-state index in [1.165, 1.54) is 0 Å². The van der Waals surface area contributed by atoms with Crippen molar-refractivity contribution >= 4 is 28.6 Å². The molecule has 23 heavy (non-hydrogen) atoms. The highest BCUT2D eigenvalue weighted by Gasteiger charge is 2.09. The lowest BCUT2D eigenvalue weighted by Gasteiger charge is -2.02. The summed E-state index contributed by atoms with van der Waals surface area (Å²) in [5, 5.41) is 8.92. The first kappa shape index (κ1) is 15.8. The first-order valence-corrected chi connectivity index (χ1v) is 9.14. The van der Waals surface area contributed by atoms with Crippen molar-refractivity contribution in [3.63, 3.8) is 0 Å². The molecule has 0 spiro atoms. The molecular weight excluding hydrogens is 326 g/mol. The lowest BCUT2D eigenvalue weighted by atomic mass is 10.2. The van der Waals surface area contributed by atoms with Crippen LogP contribution in [0.2, 0.25) is 0 Å². The molecule has 0 radical (unpaired) electrons. The van der Waals surface area contributed by atoms with Crippen molar-refractivity contribution in [2.75, 3.05) is 6.54 Å². The Kier molecular flexibility index (Phi) is 5.15. The van der Waals surface area contributed by atoms with Gasteiger partial charge in [0, 0.05) is 29.3 Å². The van der Waals surface area contributed by atoms with Gasteiger partial charge in [-0.1, -0.05) is 30.3 Å². The Morgan fingerprint density at radius 2 is 1.87 bits per heavy atom. The van der Waals surface area contributed by atoms with E-state index in [1.807, 2.05) is 48.0 Å². The molecule has 0 atom stereocenters. The SMILES string of the molecule is Cc1nc(CCNC(=O)Cc2csc(-c3ccccc3)n2)cs1. The number of hydrogen-bond donors (Lipinski definition) is 1. The van der Waals surface area contributed by atoms with Gasteiger partial charge in [-0.2, -0.15) is 0 Å². The third-order valence-corrected chi connectivity index (χ3v) is 5.05. The van der Waals surface area contributed by atoms with Crippen molar-refractivity contribution in [3.8, 4) is 10.6 Å². The summed E-state index contributed by atoms with van der Waals surface area (Å²) in [6.07, 6.45) is 1.09. The number of hydrogen-bond acceptors (Lipinski definition) is 5. The molecule has 3 aromatic rings. The number of amides is 1. The molecular formula is C17H17N3OS2. The van der Waals surface area contributed by atoms with E-state index in [4.69, 9.17) is 0 Å². The van der Waals surface area contributed by atoms with Crippen LogP contribution in [0.25, 0.3) is 10.6 Å². The molecule has 1 aromatic carbocycles. The largest absolute Gasteiger partial charge is 0.355 e. The molecule has 1 amide bonds. The maximum atomic E-state index is 12.0. The van der Waals surface area contributed by atoms with Crippen LogP contribution in [-0.4, -0.2) is 22.4 Å². The number of aryl methyl sites for hydroxylation is 1. The number of carbonyl (C=O) groups excluding carboxylic acids is 1. The minimum absolute atomic E-state index is 0.00173. The van der Waals surface area contributed by atoms with E-state index in [-0.39, 0.29) is 5.91 Å². The first-order chi connectivity index (χ1) is 11.2. The molecule has 0 unspecified atom stereocenters. The summed E-state index contributed by atoms with van der Waals surface area (Å²) in [6, 6.07) is 10.0. The van der Waals surface area contributed by atoms with Crippen LogP contribution in [0.1, 0.15) is 16.4 Å². The molecule has 4 nitrogen and oxygen atoms in total. The minimum Gasteiger partial charge on any atom is -0.355 e. The van der Waals surface area contributed by atoms with Crippen molar-refractivity contribution < 1.29 is 4.79 Å². The Bertz CT molecular complexity index is 780. The van der Waals surface area contributed by atoms with E-state index in [1.54, 1.807) is 22.7 Å². The summed E-state index contributed by atoms with van der Waals surface area (Å²) in [6.45, 7) is 2.59. The molecule has 2 aromatic heterocycles. The second kappa shape index (κ2) is 7.48. The topological polar surface area (TPSA) is 54.9 Å². The number of nitrogens with zero attached hydrogens (tertiary/aromatic N) is 2. The third-order valence-electron chi connectivity index (χ3n) is 3.28. The van der Waals surface area contributed by atoms with Gasteiger partial charge in [-0.15, -0.1) is 22.7 Å². The standard InChI is InChI=1S/C17H17N3OS2/c1-12-19-14(10-22-12)7-8-18-16(21)9-15-11-23-17(20-15)13-5-3-2-4-6-13/h2-6,10-11H,7-9H2,1H3,(H,18,21). The number of benzene rings is 1. The zero-order valence-electron chi connectivity index (χ0n) is 12.8. The molecule has 0 aliphatic carbocycles. The Balaban J connectivity index is 1.49. The Morgan fingerprint density at radius 3 is 2.61 bits per heavy atom. The van der Waals surface area contributed by atoms with E-state index in [0.29, 0.717) is 13.0 Å². The van der Waals surface area contributed by atoms with E-state index in [9.17, 15) is 4.79 Å². The fraction of sp³-hybridized carbons (Fsp3) is 0.235. The summed E-state index contributed by atoms with van der Waals surface area (Å²) in [5.41, 5.74) is 2.94. The zero-order valence-corrected chi connectivity index (χ0v) is 14.4. The van der Waals surface area contributed by atoms with Crippen molar-refractivity contribution in [1.29, 1.82) is 0 Å². The van der Waals surface area contributed by atoms with E-state index >= 15 is 0 Å². The fourth-order valence-electron chi connectivity index (χ4n) is 2.18. The lowest BCUT2D eigenvalue weighted by molar-refractivity contribution is -0.120. The molecule has 0 bridgehead atoms. The van der Waals surface area contributed by atoms with Crippen LogP contribution in [0.4, 0.5) is 0 Å². The van der Waals surface area contributed by atoms with Gasteiger partial charge >= 0.3 is 0 Å². The maximum Gasteiger partial charge on any atom is 0.226 e. The van der Waals surface area contributed by atoms with Crippen molar-refractivity contribution in [1.82, 2.24) is 15.3 Å². The highest BCUT2D eigenvalue weighted by Crippen LogP contribution is 2.23. The van der Waals surface area contributed by atoms with Crippen LogP contribution in [0.5, 0.6) is 0 Å². The second-order valence-electron chi connectivity index (χ2n) is 5.14. The normalized spacial score (nSPS) is 10.7. The molecule has 6 heteroatoms. The lowest BCUT2D eigenvalue weighted by Crippen LogP contribution is -2.27. The van der Waals surface area contributed by atoms with Gasteiger partial charge in [0.2, 0.25) is 5.91 Å². The molecule has 1 N–H and O–H groups in total. The van der Waals surface area contributed by atoms with Crippen LogP contribution < -0.4 is 5.32 Å². The number of nitrogens with one attached hydrogen (secondary N) is 1. The van der Waals surface area contributed by atoms with Crippen LogP contribution >= 0.6 is 22.7 Å². The first-order valence-electron chi connectivity index (χ1n) is 7.38. The predicted octanol–water partition coefficient (Wildman–Crippen LogP) is 3.48. The van der Waals surface area contributed by atoms with Crippen LogP contribution in [0.3, 0.4) is 0 Å². The fourth-order valence-corrected chi connectivity index (χ4v) is 3.65. The van der Waals surface area contributed by atoms with Crippen LogP contribution in [0, 0.1) is 6.92 Å². The average molecular weight is 343 g/mol. The molecule has 0 aliphatic heterocycles. The number of thiazole rings is 2. The summed E-state index contributed by atoms with van der Waals surface area (Å²) < 4.78 is 0. The molecule has 0 aliphatic rings. The van der Waals surface area contributed by atoms with Crippen molar-refractivity contribution in [3.05, 3.63) is 57.5 Å². The Morgan fingerprint density at radius 1 is 1.09 bits per heavy atom. The molecule has 0 fully saturated rings. The smallest absolute Gasteiger partial charge is 0.226 e. The molecule has 0 saturated heterocycles. The Labute approximate surface area is 143 Å². The van der Waals surface area contributed by atoms with Gasteiger partial charge in [0.25, 0.3) is 0 Å². The average Bonchev–Trinajstić information content (AvgIpc) is 3.17. The number of aromatic nitrogens is 2. The molecule has 118 valence electrons. The molecule has 2 heterocycles. The monoisotopic (exact) mass is 343 g/mol. The zero-order chi connectivity index (χ0) is 16.1. The van der Waals surface area contributed by atoms with Crippen LogP contribution in [-0.2, 0) is 17.6 Å². The van der Waals surface area contributed by atoms with Gasteiger partial charge in [0.1, 0.15) is 5.01 Å². The third kappa shape index (κ3) is 4.46. The van der Waals surface area contributed by atoms with E-state index in [0.717, 1.165) is 33.4 Å². The Hall–Kier alpha value is -2.05. The van der Waals surface area contributed by atoms with Crippen molar-refractivity contribution in [2.45, 2.75) is 19.8 Å². The quantitative estimate of drug-likeness (QED) is 0.745. The number of carbonyl (C=O) groups is 1. The predicted molar refractivity (Wildman–Crippen MR) is 94.8 cm³/mol. The van der Waals surface area contributed by atoms with E-state index in [2.05, 4.69) is 15.3 Å². The minimum atomic E-state index is 0.00173. The van der Waals surface area contributed by atoms with Gasteiger partial charge in [-0.25, -0.2) is 9.97 Å². The van der Waals surface area contributed by atoms with Crippen LogP contribution in [0.15, 0.2) is 41.1 Å². The van der Waals surface area contributed by atoms with Gasteiger partial charge in [0.05, 0.1) is 22.8 Å². The van der Waals surface area contributed by atoms with E-state index < -0.39 is 0 Å². The number of rotatable bonds is 6. The highest BCUT2D eigenvalue weighted by atomic mass is 32.1. The summed E-state index contributed by atoms with van der Waals surface area (Å²) in [7, 11) is 0. The maximum absolute atomic E-state index is 12.0. The molecule has 0 saturated carbocycles. The summed E-state index contributed by atoms with van der Waals surface area (Å²) in [4.78, 5) is 20.9. The molecule has 3 rings (SSSR count). The van der Waals surface area contributed by atoms with Gasteiger partial charge in [0.15, 0.2) is 0 Å². The van der Waals surface area contributed by atoms with Gasteiger partial charge in [-0.3, -0.25) is 4.79 Å². The van der Waals surface area contributed by atoms with Gasteiger partial charge < -0.3 is 5.32 Å². The van der Waals surface area contributed by atoms with Gasteiger partial charge in [-0.05, 0) is 6.92 Å². The summed E-state index contributed by atoms with van der Waals surface area (Å²) >= 11 is 3.20.